The molecule has 0 saturated carbocycles. The first-order chi connectivity index (χ1) is 11.1. The Balaban J connectivity index is 1.90. The van der Waals surface area contributed by atoms with E-state index in [9.17, 15) is 0 Å². The molecule has 0 heterocycles. The fourth-order valence-electron chi connectivity index (χ4n) is 2.39. The third-order valence-electron chi connectivity index (χ3n) is 3.44. The van der Waals surface area contributed by atoms with Crippen LogP contribution >= 0.6 is 0 Å². The highest BCUT2D eigenvalue weighted by molar-refractivity contribution is 5.93. The molecule has 3 aromatic carbocycles. The standard InChI is InChI=1S/C18H17N5/c19-17(20)23-18(21)22-16-9-7-13(8-10-16)15-6-5-12-3-1-2-4-14(12)11-15/h1-11H,(H6,19,20,21,22,23). The summed E-state index contributed by atoms with van der Waals surface area (Å²) in [5.41, 5.74) is 19.1. The number of nitrogens with zero attached hydrogens (tertiary/aromatic N) is 2. The van der Waals surface area contributed by atoms with E-state index in [1.807, 2.05) is 36.4 Å². The van der Waals surface area contributed by atoms with Crippen molar-refractivity contribution in [1.29, 1.82) is 0 Å². The lowest BCUT2D eigenvalue weighted by Crippen LogP contribution is -2.26. The maximum atomic E-state index is 5.62. The van der Waals surface area contributed by atoms with Crippen LogP contribution in [0.15, 0.2) is 76.7 Å². The fourth-order valence-corrected chi connectivity index (χ4v) is 2.39. The van der Waals surface area contributed by atoms with Gasteiger partial charge in [-0.1, -0.05) is 48.5 Å². The largest absolute Gasteiger partial charge is 0.370 e. The van der Waals surface area contributed by atoms with E-state index in [1.165, 1.54) is 10.8 Å². The second-order valence-electron chi connectivity index (χ2n) is 5.12. The summed E-state index contributed by atoms with van der Waals surface area (Å²) in [7, 11) is 0. The van der Waals surface area contributed by atoms with Gasteiger partial charge < -0.3 is 17.2 Å². The van der Waals surface area contributed by atoms with Crippen LogP contribution in [0.3, 0.4) is 0 Å². The molecule has 3 rings (SSSR count). The fraction of sp³-hybridized carbons (Fsp3) is 0. The maximum Gasteiger partial charge on any atom is 0.223 e. The van der Waals surface area contributed by atoms with Crippen LogP contribution in [-0.2, 0) is 0 Å². The zero-order valence-electron chi connectivity index (χ0n) is 12.5. The van der Waals surface area contributed by atoms with Crippen molar-refractivity contribution in [3.63, 3.8) is 0 Å². The van der Waals surface area contributed by atoms with Gasteiger partial charge in [-0.05, 0) is 40.1 Å². The van der Waals surface area contributed by atoms with Crippen molar-refractivity contribution in [1.82, 2.24) is 0 Å². The highest BCUT2D eigenvalue weighted by atomic mass is 15.1. The first-order valence-corrected chi connectivity index (χ1v) is 7.15. The van der Waals surface area contributed by atoms with Crippen molar-refractivity contribution in [3.8, 4) is 11.1 Å². The van der Waals surface area contributed by atoms with Gasteiger partial charge in [-0.2, -0.15) is 4.99 Å². The summed E-state index contributed by atoms with van der Waals surface area (Å²) in [6, 6.07) is 22.4. The van der Waals surface area contributed by atoms with Crippen molar-refractivity contribution in [2.75, 3.05) is 0 Å². The molecule has 5 nitrogen and oxygen atoms in total. The van der Waals surface area contributed by atoms with Crippen LogP contribution in [0.4, 0.5) is 5.69 Å². The van der Waals surface area contributed by atoms with Crippen LogP contribution in [0.25, 0.3) is 21.9 Å². The van der Waals surface area contributed by atoms with Gasteiger partial charge in [-0.3, -0.25) is 0 Å². The van der Waals surface area contributed by atoms with Gasteiger partial charge in [0.05, 0.1) is 5.69 Å². The lowest BCUT2D eigenvalue weighted by molar-refractivity contribution is 1.38. The highest BCUT2D eigenvalue weighted by Gasteiger charge is 2.00. The van der Waals surface area contributed by atoms with Crippen LogP contribution in [0.1, 0.15) is 0 Å². The highest BCUT2D eigenvalue weighted by Crippen LogP contribution is 2.26. The minimum atomic E-state index is -0.112. The van der Waals surface area contributed by atoms with E-state index in [1.54, 1.807) is 0 Å². The molecule has 0 spiro atoms. The molecule has 0 unspecified atom stereocenters. The third kappa shape index (κ3) is 3.47. The van der Waals surface area contributed by atoms with Gasteiger partial charge >= 0.3 is 0 Å². The molecule has 0 aliphatic rings. The summed E-state index contributed by atoms with van der Waals surface area (Å²) in [4.78, 5) is 7.82. The van der Waals surface area contributed by atoms with Gasteiger partial charge in [-0.15, -0.1) is 0 Å². The Morgan fingerprint density at radius 1 is 0.696 bits per heavy atom. The number of hydrogen-bond acceptors (Lipinski definition) is 1. The predicted molar refractivity (Wildman–Crippen MR) is 96.5 cm³/mol. The summed E-state index contributed by atoms with van der Waals surface area (Å²) in [5.74, 6) is -0.0810. The van der Waals surface area contributed by atoms with Gasteiger partial charge in [-0.25, -0.2) is 4.99 Å². The molecule has 0 saturated heterocycles. The van der Waals surface area contributed by atoms with Crippen LogP contribution in [0, 0.1) is 0 Å². The van der Waals surface area contributed by atoms with E-state index in [0.717, 1.165) is 11.1 Å². The van der Waals surface area contributed by atoms with Gasteiger partial charge in [0, 0.05) is 0 Å². The molecule has 114 valence electrons. The van der Waals surface area contributed by atoms with Gasteiger partial charge in [0.15, 0.2) is 5.96 Å². The Kier molecular flexibility index (Phi) is 3.93. The normalized spacial score (nSPS) is 11.4. The van der Waals surface area contributed by atoms with Crippen LogP contribution in [-0.4, -0.2) is 11.9 Å². The Bertz CT molecular complexity index is 891. The number of guanidine groups is 2. The van der Waals surface area contributed by atoms with Crippen molar-refractivity contribution in [2.45, 2.75) is 0 Å². The molecular weight excluding hydrogens is 286 g/mol. The SMILES string of the molecule is NC(N)=NC(N)=Nc1ccc(-c2ccc3ccccc3c2)cc1. The Morgan fingerprint density at radius 3 is 2.04 bits per heavy atom. The van der Waals surface area contributed by atoms with E-state index >= 15 is 0 Å². The van der Waals surface area contributed by atoms with E-state index in [0.29, 0.717) is 5.69 Å². The monoisotopic (exact) mass is 303 g/mol. The minimum absolute atomic E-state index is 0.0310. The summed E-state index contributed by atoms with van der Waals surface area (Å²) in [5, 5.41) is 2.44. The first-order valence-electron chi connectivity index (χ1n) is 7.15. The van der Waals surface area contributed by atoms with Crippen molar-refractivity contribution >= 4 is 28.4 Å². The second kappa shape index (κ2) is 6.19. The quantitative estimate of drug-likeness (QED) is 0.501. The number of hydrogen-bond donors (Lipinski definition) is 3. The lowest BCUT2D eigenvalue weighted by Gasteiger charge is -2.05. The Morgan fingerprint density at radius 2 is 1.35 bits per heavy atom. The molecule has 6 N–H and O–H groups in total. The van der Waals surface area contributed by atoms with Gasteiger partial charge in [0.2, 0.25) is 5.96 Å². The molecule has 3 aromatic rings. The van der Waals surface area contributed by atoms with E-state index < -0.39 is 0 Å². The molecule has 5 heteroatoms. The van der Waals surface area contributed by atoms with Crippen LogP contribution in [0.5, 0.6) is 0 Å². The van der Waals surface area contributed by atoms with Crippen molar-refractivity contribution in [2.24, 2.45) is 27.2 Å². The van der Waals surface area contributed by atoms with Crippen molar-refractivity contribution < 1.29 is 0 Å². The van der Waals surface area contributed by atoms with E-state index in [-0.39, 0.29) is 11.9 Å². The molecular formula is C18H17N5. The number of nitrogens with two attached hydrogens (primary N) is 3. The summed E-state index contributed by atoms with van der Waals surface area (Å²) < 4.78 is 0. The number of rotatable bonds is 2. The maximum absolute atomic E-state index is 5.62. The summed E-state index contributed by atoms with van der Waals surface area (Å²) in [6.45, 7) is 0. The zero-order chi connectivity index (χ0) is 16.2. The zero-order valence-corrected chi connectivity index (χ0v) is 12.5. The molecule has 0 amide bonds. The average molecular weight is 303 g/mol. The molecule has 0 aliphatic carbocycles. The van der Waals surface area contributed by atoms with Crippen LogP contribution < -0.4 is 17.2 Å². The summed E-state index contributed by atoms with van der Waals surface area (Å²) in [6.07, 6.45) is 0. The Labute approximate surface area is 134 Å². The number of aliphatic imine (C=N–C) groups is 2. The molecule has 0 fully saturated rings. The predicted octanol–water partition coefficient (Wildman–Crippen LogP) is 2.73. The average Bonchev–Trinajstić information content (AvgIpc) is 2.54. The molecule has 0 atom stereocenters. The summed E-state index contributed by atoms with van der Waals surface area (Å²) >= 11 is 0. The first kappa shape index (κ1) is 14.6. The van der Waals surface area contributed by atoms with Gasteiger partial charge in [0.1, 0.15) is 0 Å². The third-order valence-corrected chi connectivity index (χ3v) is 3.44. The topological polar surface area (TPSA) is 103 Å². The van der Waals surface area contributed by atoms with Crippen LogP contribution in [0.2, 0.25) is 0 Å². The molecule has 0 radical (unpaired) electrons. The van der Waals surface area contributed by atoms with Crippen molar-refractivity contribution in [3.05, 3.63) is 66.7 Å². The number of benzene rings is 3. The molecule has 0 aromatic heterocycles. The Hall–Kier alpha value is -3.34. The smallest absolute Gasteiger partial charge is 0.223 e. The van der Waals surface area contributed by atoms with E-state index in [2.05, 4.69) is 40.3 Å². The molecule has 23 heavy (non-hydrogen) atoms. The minimum Gasteiger partial charge on any atom is -0.370 e. The molecule has 0 bridgehead atoms. The lowest BCUT2D eigenvalue weighted by atomic mass is 10.0. The molecule has 0 aliphatic heterocycles. The van der Waals surface area contributed by atoms with Gasteiger partial charge in [0.25, 0.3) is 0 Å². The number of fused-ring (bicyclic) bond motifs is 1. The second-order valence-corrected chi connectivity index (χ2v) is 5.12. The van der Waals surface area contributed by atoms with E-state index in [4.69, 9.17) is 17.2 Å².